The van der Waals surface area contributed by atoms with Gasteiger partial charge >= 0.3 is 0 Å². The Hall–Kier alpha value is -2.24. The molecule has 2 amide bonds. The Balaban J connectivity index is 3.05. The monoisotopic (exact) mass is 308 g/mol. The van der Waals surface area contributed by atoms with Crippen molar-refractivity contribution in [1.82, 2.24) is 5.32 Å². The number of nitrogens with zero attached hydrogens (tertiary/aromatic N) is 1. The highest BCUT2D eigenvalue weighted by molar-refractivity contribution is 5.98. The van der Waals surface area contributed by atoms with E-state index < -0.39 is 0 Å². The average molecular weight is 308 g/mol. The second-order valence-electron chi connectivity index (χ2n) is 5.02. The number of amides is 2. The van der Waals surface area contributed by atoms with Gasteiger partial charge in [-0.3, -0.25) is 14.5 Å². The van der Waals surface area contributed by atoms with Crippen LogP contribution in [0.15, 0.2) is 18.2 Å². The zero-order valence-corrected chi connectivity index (χ0v) is 13.8. The van der Waals surface area contributed by atoms with Crippen LogP contribution in [-0.4, -0.2) is 38.6 Å². The Kier molecular flexibility index (Phi) is 6.69. The summed E-state index contributed by atoms with van der Waals surface area (Å²) in [4.78, 5) is 25.4. The van der Waals surface area contributed by atoms with E-state index in [0.29, 0.717) is 17.2 Å². The molecule has 1 atom stereocenters. The van der Waals surface area contributed by atoms with Crippen molar-refractivity contribution in [3.05, 3.63) is 18.2 Å². The predicted octanol–water partition coefficient (Wildman–Crippen LogP) is 1.97. The number of benzene rings is 1. The molecule has 1 aromatic carbocycles. The van der Waals surface area contributed by atoms with Crippen molar-refractivity contribution >= 4 is 17.5 Å². The van der Waals surface area contributed by atoms with Crippen molar-refractivity contribution in [2.75, 3.05) is 25.7 Å². The minimum absolute atomic E-state index is 0.0634. The van der Waals surface area contributed by atoms with Gasteiger partial charge < -0.3 is 14.8 Å². The van der Waals surface area contributed by atoms with Gasteiger partial charge in [-0.2, -0.15) is 0 Å². The van der Waals surface area contributed by atoms with Gasteiger partial charge in [0.15, 0.2) is 0 Å². The molecule has 0 fully saturated rings. The lowest BCUT2D eigenvalue weighted by atomic mass is 10.2. The molecule has 0 spiro atoms. The van der Waals surface area contributed by atoms with Gasteiger partial charge in [0, 0.05) is 19.0 Å². The first-order valence-corrected chi connectivity index (χ1v) is 7.22. The molecule has 1 N–H and O–H groups in total. The van der Waals surface area contributed by atoms with Crippen LogP contribution in [0.1, 0.15) is 27.2 Å². The average Bonchev–Trinajstić information content (AvgIpc) is 2.51. The molecule has 0 aliphatic carbocycles. The number of ether oxygens (including phenoxy) is 2. The van der Waals surface area contributed by atoms with Crippen LogP contribution in [0.3, 0.4) is 0 Å². The number of nitrogens with one attached hydrogen (secondary N) is 1. The molecule has 1 rings (SSSR count). The minimum Gasteiger partial charge on any atom is -0.497 e. The lowest BCUT2D eigenvalue weighted by molar-refractivity contribution is -0.123. The van der Waals surface area contributed by atoms with Gasteiger partial charge in [0.2, 0.25) is 11.8 Å². The fourth-order valence-corrected chi connectivity index (χ4v) is 1.94. The zero-order valence-electron chi connectivity index (χ0n) is 13.8. The summed E-state index contributed by atoms with van der Waals surface area (Å²) in [6.07, 6.45) is 0.828. The highest BCUT2D eigenvalue weighted by atomic mass is 16.5. The number of carbonyl (C=O) groups is 2. The quantitative estimate of drug-likeness (QED) is 0.836. The Morgan fingerprint density at radius 2 is 1.95 bits per heavy atom. The molecule has 0 bridgehead atoms. The van der Waals surface area contributed by atoms with E-state index in [1.807, 2.05) is 13.8 Å². The molecule has 0 heterocycles. The summed E-state index contributed by atoms with van der Waals surface area (Å²) in [5.41, 5.74) is 0.508. The van der Waals surface area contributed by atoms with Crippen molar-refractivity contribution < 1.29 is 19.1 Å². The lowest BCUT2D eigenvalue weighted by Gasteiger charge is -2.24. The van der Waals surface area contributed by atoms with Crippen LogP contribution >= 0.6 is 0 Å². The van der Waals surface area contributed by atoms with Crippen LogP contribution in [0.2, 0.25) is 0 Å². The highest BCUT2D eigenvalue weighted by Gasteiger charge is 2.20. The maximum atomic E-state index is 12.1. The van der Waals surface area contributed by atoms with E-state index in [9.17, 15) is 9.59 Å². The zero-order chi connectivity index (χ0) is 16.7. The third-order valence-electron chi connectivity index (χ3n) is 3.38. The number of methoxy groups -OCH3 is 2. The van der Waals surface area contributed by atoms with Crippen LogP contribution in [0.4, 0.5) is 5.69 Å². The Morgan fingerprint density at radius 3 is 2.45 bits per heavy atom. The largest absolute Gasteiger partial charge is 0.497 e. The molecule has 0 saturated heterocycles. The second-order valence-corrected chi connectivity index (χ2v) is 5.02. The normalized spacial score (nSPS) is 11.5. The van der Waals surface area contributed by atoms with E-state index in [4.69, 9.17) is 9.47 Å². The summed E-state index contributed by atoms with van der Waals surface area (Å²) in [7, 11) is 3.06. The molecule has 6 nitrogen and oxygen atoms in total. The molecule has 6 heteroatoms. The summed E-state index contributed by atoms with van der Waals surface area (Å²) in [6.45, 7) is 5.25. The first kappa shape index (κ1) is 17.8. The van der Waals surface area contributed by atoms with E-state index in [1.165, 1.54) is 18.9 Å². The van der Waals surface area contributed by atoms with Crippen LogP contribution in [0.5, 0.6) is 11.5 Å². The third-order valence-corrected chi connectivity index (χ3v) is 3.38. The summed E-state index contributed by atoms with van der Waals surface area (Å²) >= 11 is 0. The molecule has 0 radical (unpaired) electrons. The molecule has 0 saturated carbocycles. The molecule has 1 unspecified atom stereocenters. The van der Waals surface area contributed by atoms with E-state index in [0.717, 1.165) is 6.42 Å². The first-order valence-electron chi connectivity index (χ1n) is 7.22. The summed E-state index contributed by atoms with van der Waals surface area (Å²) in [6, 6.07) is 5.18. The van der Waals surface area contributed by atoms with Crippen molar-refractivity contribution in [3.63, 3.8) is 0 Å². The summed E-state index contributed by atoms with van der Waals surface area (Å²) in [5.74, 6) is 0.636. The van der Waals surface area contributed by atoms with Crippen LogP contribution in [0, 0.1) is 0 Å². The summed E-state index contributed by atoms with van der Waals surface area (Å²) in [5, 5.41) is 2.85. The van der Waals surface area contributed by atoms with Gasteiger partial charge in [-0.25, -0.2) is 0 Å². The Labute approximate surface area is 131 Å². The smallest absolute Gasteiger partial charge is 0.240 e. The van der Waals surface area contributed by atoms with E-state index in [2.05, 4.69) is 5.32 Å². The maximum absolute atomic E-state index is 12.1. The van der Waals surface area contributed by atoms with Crippen molar-refractivity contribution in [3.8, 4) is 11.5 Å². The second kappa shape index (κ2) is 8.26. The van der Waals surface area contributed by atoms with Gasteiger partial charge in [-0.1, -0.05) is 6.92 Å². The SMILES string of the molecule is CCC(C)NC(=O)CN(C(C)=O)c1cc(OC)ccc1OC. The Bertz CT molecular complexity index is 531. The van der Waals surface area contributed by atoms with Gasteiger partial charge in [0.25, 0.3) is 0 Å². The van der Waals surface area contributed by atoms with Gasteiger partial charge in [-0.05, 0) is 25.5 Å². The minimum atomic E-state index is -0.245. The van der Waals surface area contributed by atoms with Crippen molar-refractivity contribution in [1.29, 1.82) is 0 Å². The molecular weight excluding hydrogens is 284 g/mol. The fourth-order valence-electron chi connectivity index (χ4n) is 1.94. The van der Waals surface area contributed by atoms with Gasteiger partial charge in [0.05, 0.1) is 19.9 Å². The van der Waals surface area contributed by atoms with E-state index >= 15 is 0 Å². The number of hydrogen-bond acceptors (Lipinski definition) is 4. The van der Waals surface area contributed by atoms with Crippen LogP contribution < -0.4 is 19.7 Å². The van der Waals surface area contributed by atoms with Crippen LogP contribution in [-0.2, 0) is 9.59 Å². The molecule has 1 aromatic rings. The third kappa shape index (κ3) is 4.65. The number of anilines is 1. The molecule has 122 valence electrons. The number of hydrogen-bond donors (Lipinski definition) is 1. The Morgan fingerprint density at radius 1 is 1.27 bits per heavy atom. The van der Waals surface area contributed by atoms with Crippen LogP contribution in [0.25, 0.3) is 0 Å². The summed E-state index contributed by atoms with van der Waals surface area (Å²) < 4.78 is 10.5. The lowest BCUT2D eigenvalue weighted by Crippen LogP contribution is -2.42. The van der Waals surface area contributed by atoms with E-state index in [1.54, 1.807) is 25.3 Å². The molecule has 22 heavy (non-hydrogen) atoms. The maximum Gasteiger partial charge on any atom is 0.240 e. The molecule has 0 aromatic heterocycles. The molecular formula is C16H24N2O4. The van der Waals surface area contributed by atoms with Gasteiger partial charge in [0.1, 0.15) is 18.0 Å². The highest BCUT2D eigenvalue weighted by Crippen LogP contribution is 2.32. The number of carbonyl (C=O) groups excluding carboxylic acids is 2. The predicted molar refractivity (Wildman–Crippen MR) is 85.5 cm³/mol. The van der Waals surface area contributed by atoms with E-state index in [-0.39, 0.29) is 24.4 Å². The van der Waals surface area contributed by atoms with Crippen molar-refractivity contribution in [2.24, 2.45) is 0 Å². The van der Waals surface area contributed by atoms with Crippen molar-refractivity contribution in [2.45, 2.75) is 33.2 Å². The fraction of sp³-hybridized carbons (Fsp3) is 0.500. The molecule has 0 aliphatic heterocycles. The standard InChI is InChI=1S/C16H24N2O4/c1-6-11(2)17-16(20)10-18(12(3)19)14-9-13(21-4)7-8-15(14)22-5/h7-9,11H,6,10H2,1-5H3,(H,17,20). The topological polar surface area (TPSA) is 67.9 Å². The number of rotatable bonds is 7. The first-order chi connectivity index (χ1) is 10.4. The molecule has 0 aliphatic rings. The van der Waals surface area contributed by atoms with Gasteiger partial charge in [-0.15, -0.1) is 0 Å².